The van der Waals surface area contributed by atoms with E-state index in [2.05, 4.69) is 39.3 Å². The third-order valence-electron chi connectivity index (χ3n) is 3.44. The minimum absolute atomic E-state index is 0.571. The van der Waals surface area contributed by atoms with Crippen LogP contribution in [-0.2, 0) is 0 Å². The molecule has 1 saturated carbocycles. The van der Waals surface area contributed by atoms with Gasteiger partial charge in [0.05, 0.1) is 6.20 Å². The number of nitrogens with one attached hydrogen (secondary N) is 2. The Balaban J connectivity index is 1.84. The first kappa shape index (κ1) is 15.3. The summed E-state index contributed by atoms with van der Waals surface area (Å²) in [5.74, 6) is 1.35. The van der Waals surface area contributed by atoms with Crippen LogP contribution in [0.1, 0.15) is 33.1 Å². The SMILES string of the molecule is CCCNc1ncc(Cl)c(NCCN(CC)C2CC2)n1. The number of hydrogen-bond donors (Lipinski definition) is 2. The smallest absolute Gasteiger partial charge is 0.224 e. The maximum Gasteiger partial charge on any atom is 0.224 e. The standard InChI is InChI=1S/C14H24ClN5/c1-3-7-17-14-18-10-12(15)13(19-14)16-8-9-20(4-2)11-5-6-11/h10-11H,3-9H2,1-2H3,(H2,16,17,18,19). The second-order valence-corrected chi connectivity index (χ2v) is 5.51. The molecule has 1 aliphatic rings. The van der Waals surface area contributed by atoms with Crippen LogP contribution in [0.15, 0.2) is 6.20 Å². The van der Waals surface area contributed by atoms with E-state index in [9.17, 15) is 0 Å². The fourth-order valence-corrected chi connectivity index (χ4v) is 2.33. The molecule has 1 aliphatic carbocycles. The molecule has 0 radical (unpaired) electrons. The molecule has 112 valence electrons. The zero-order valence-electron chi connectivity index (χ0n) is 12.3. The average molecular weight is 298 g/mol. The number of hydrogen-bond acceptors (Lipinski definition) is 5. The van der Waals surface area contributed by atoms with E-state index in [-0.39, 0.29) is 0 Å². The van der Waals surface area contributed by atoms with Crippen LogP contribution in [0, 0.1) is 0 Å². The molecule has 5 nitrogen and oxygen atoms in total. The topological polar surface area (TPSA) is 53.1 Å². The summed E-state index contributed by atoms with van der Waals surface area (Å²) in [7, 11) is 0. The molecule has 1 fully saturated rings. The molecule has 0 unspecified atom stereocenters. The van der Waals surface area contributed by atoms with Crippen molar-refractivity contribution in [3.63, 3.8) is 0 Å². The van der Waals surface area contributed by atoms with Crippen LogP contribution in [0.25, 0.3) is 0 Å². The van der Waals surface area contributed by atoms with Gasteiger partial charge < -0.3 is 10.6 Å². The molecular weight excluding hydrogens is 274 g/mol. The lowest BCUT2D eigenvalue weighted by Crippen LogP contribution is -2.31. The van der Waals surface area contributed by atoms with Crippen LogP contribution in [0.5, 0.6) is 0 Å². The molecule has 0 aromatic carbocycles. The number of likely N-dealkylation sites (N-methyl/N-ethyl adjacent to an activating group) is 1. The lowest BCUT2D eigenvalue weighted by Gasteiger charge is -2.20. The van der Waals surface area contributed by atoms with Gasteiger partial charge >= 0.3 is 0 Å². The summed E-state index contributed by atoms with van der Waals surface area (Å²) in [4.78, 5) is 11.1. The van der Waals surface area contributed by atoms with Crippen molar-refractivity contribution in [1.29, 1.82) is 0 Å². The summed E-state index contributed by atoms with van der Waals surface area (Å²) in [5, 5.41) is 7.05. The number of aromatic nitrogens is 2. The van der Waals surface area contributed by atoms with Gasteiger partial charge in [-0.25, -0.2) is 4.98 Å². The number of halogens is 1. The van der Waals surface area contributed by atoms with E-state index in [0.717, 1.165) is 38.6 Å². The predicted octanol–water partition coefficient (Wildman–Crippen LogP) is 2.85. The highest BCUT2D eigenvalue weighted by molar-refractivity contribution is 6.32. The fraction of sp³-hybridized carbons (Fsp3) is 0.714. The van der Waals surface area contributed by atoms with Crippen molar-refractivity contribution >= 4 is 23.4 Å². The highest BCUT2D eigenvalue weighted by Gasteiger charge is 2.27. The number of anilines is 2. The summed E-state index contributed by atoms with van der Waals surface area (Å²) in [6, 6.07) is 0.796. The van der Waals surface area contributed by atoms with Crippen molar-refractivity contribution in [1.82, 2.24) is 14.9 Å². The molecule has 0 bridgehead atoms. The van der Waals surface area contributed by atoms with E-state index >= 15 is 0 Å². The summed E-state index contributed by atoms with van der Waals surface area (Å²) in [6.07, 6.45) is 5.37. The molecule has 1 heterocycles. The van der Waals surface area contributed by atoms with Crippen LogP contribution in [-0.4, -0.2) is 47.1 Å². The minimum atomic E-state index is 0.571. The zero-order valence-corrected chi connectivity index (χ0v) is 13.1. The van der Waals surface area contributed by atoms with Gasteiger partial charge in [0.1, 0.15) is 5.02 Å². The Hall–Kier alpha value is -1.07. The van der Waals surface area contributed by atoms with Crippen LogP contribution >= 0.6 is 11.6 Å². The van der Waals surface area contributed by atoms with Crippen molar-refractivity contribution in [3.05, 3.63) is 11.2 Å². The fourth-order valence-electron chi connectivity index (χ4n) is 2.17. The van der Waals surface area contributed by atoms with Crippen LogP contribution in [0.3, 0.4) is 0 Å². The van der Waals surface area contributed by atoms with Crippen molar-refractivity contribution in [2.24, 2.45) is 0 Å². The quantitative estimate of drug-likeness (QED) is 0.734. The van der Waals surface area contributed by atoms with Crippen LogP contribution < -0.4 is 10.6 Å². The van der Waals surface area contributed by atoms with Gasteiger partial charge in [0.2, 0.25) is 5.95 Å². The Morgan fingerprint density at radius 1 is 1.30 bits per heavy atom. The Labute approximate surface area is 126 Å². The van der Waals surface area contributed by atoms with Gasteiger partial charge in [-0.2, -0.15) is 4.98 Å². The Morgan fingerprint density at radius 3 is 2.75 bits per heavy atom. The first-order valence-electron chi connectivity index (χ1n) is 7.49. The van der Waals surface area contributed by atoms with E-state index < -0.39 is 0 Å². The molecule has 0 saturated heterocycles. The molecule has 1 aromatic rings. The summed E-state index contributed by atoms with van der Waals surface area (Å²) >= 11 is 6.13. The van der Waals surface area contributed by atoms with Gasteiger partial charge in [0.25, 0.3) is 0 Å². The minimum Gasteiger partial charge on any atom is -0.367 e. The molecule has 0 aliphatic heterocycles. The highest BCUT2D eigenvalue weighted by Crippen LogP contribution is 2.26. The number of nitrogens with zero attached hydrogens (tertiary/aromatic N) is 3. The molecule has 0 atom stereocenters. The largest absolute Gasteiger partial charge is 0.367 e. The van der Waals surface area contributed by atoms with Crippen molar-refractivity contribution in [2.45, 2.75) is 39.2 Å². The third-order valence-corrected chi connectivity index (χ3v) is 3.71. The third kappa shape index (κ3) is 4.49. The lowest BCUT2D eigenvalue weighted by atomic mass is 10.4. The molecular formula is C14H24ClN5. The van der Waals surface area contributed by atoms with Crippen LogP contribution in [0.4, 0.5) is 11.8 Å². The molecule has 2 N–H and O–H groups in total. The maximum atomic E-state index is 6.13. The van der Waals surface area contributed by atoms with Gasteiger partial charge in [-0.15, -0.1) is 0 Å². The summed E-state index contributed by atoms with van der Waals surface area (Å²) in [5.41, 5.74) is 0. The Morgan fingerprint density at radius 2 is 2.10 bits per heavy atom. The summed E-state index contributed by atoms with van der Waals surface area (Å²) in [6.45, 7) is 8.18. The van der Waals surface area contributed by atoms with Gasteiger partial charge in [-0.1, -0.05) is 25.4 Å². The van der Waals surface area contributed by atoms with E-state index in [1.165, 1.54) is 12.8 Å². The summed E-state index contributed by atoms with van der Waals surface area (Å²) < 4.78 is 0. The highest BCUT2D eigenvalue weighted by atomic mass is 35.5. The number of rotatable bonds is 9. The van der Waals surface area contributed by atoms with Crippen molar-refractivity contribution in [3.8, 4) is 0 Å². The first-order chi connectivity index (χ1) is 9.74. The molecule has 0 amide bonds. The molecule has 1 aromatic heterocycles. The average Bonchev–Trinajstić information content (AvgIpc) is 3.28. The van der Waals surface area contributed by atoms with Gasteiger partial charge in [0.15, 0.2) is 5.82 Å². The van der Waals surface area contributed by atoms with E-state index in [4.69, 9.17) is 11.6 Å². The molecule has 0 spiro atoms. The van der Waals surface area contributed by atoms with Crippen molar-refractivity contribution < 1.29 is 0 Å². The lowest BCUT2D eigenvalue weighted by molar-refractivity contribution is 0.289. The maximum absolute atomic E-state index is 6.13. The Kier molecular flexibility index (Phi) is 5.86. The zero-order chi connectivity index (χ0) is 14.4. The second-order valence-electron chi connectivity index (χ2n) is 5.10. The molecule has 6 heteroatoms. The van der Waals surface area contributed by atoms with Gasteiger partial charge in [-0.3, -0.25) is 4.90 Å². The normalized spacial score (nSPS) is 14.6. The van der Waals surface area contributed by atoms with E-state index in [0.29, 0.717) is 16.8 Å². The molecule has 2 rings (SSSR count). The monoisotopic (exact) mass is 297 g/mol. The van der Waals surface area contributed by atoms with E-state index in [1.807, 2.05) is 0 Å². The first-order valence-corrected chi connectivity index (χ1v) is 7.86. The van der Waals surface area contributed by atoms with Crippen molar-refractivity contribution in [2.75, 3.05) is 36.8 Å². The molecule has 20 heavy (non-hydrogen) atoms. The van der Waals surface area contributed by atoms with E-state index in [1.54, 1.807) is 6.20 Å². The van der Waals surface area contributed by atoms with Gasteiger partial charge in [0, 0.05) is 25.7 Å². The predicted molar refractivity (Wildman–Crippen MR) is 84.6 cm³/mol. The Bertz CT molecular complexity index is 422. The van der Waals surface area contributed by atoms with Crippen LogP contribution in [0.2, 0.25) is 5.02 Å². The van der Waals surface area contributed by atoms with Gasteiger partial charge in [-0.05, 0) is 25.8 Å². The second kappa shape index (κ2) is 7.64.